The molecule has 0 heterocycles. The SMILES string of the molecule is CC(C)(C)OC(=O)NC(CO)(CO)C(F)(F)F. The lowest BCUT2D eigenvalue weighted by molar-refractivity contribution is -0.215. The minimum atomic E-state index is -4.99. The third-order valence-electron chi connectivity index (χ3n) is 1.82. The Balaban J connectivity index is 4.85. The molecule has 8 heteroatoms. The standard InChI is InChI=1S/C9H16F3NO4/c1-7(2,3)17-6(16)13-8(4-14,5-15)9(10,11)12/h14-15H,4-5H2,1-3H3,(H,13,16). The molecule has 0 unspecified atom stereocenters. The molecular formula is C9H16F3NO4. The Kier molecular flexibility index (Phi) is 4.79. The van der Waals surface area contributed by atoms with Crippen LogP contribution in [-0.4, -0.2) is 46.8 Å². The Morgan fingerprint density at radius 3 is 1.82 bits per heavy atom. The fourth-order valence-corrected chi connectivity index (χ4v) is 0.878. The average Bonchev–Trinajstić information content (AvgIpc) is 2.09. The summed E-state index contributed by atoms with van der Waals surface area (Å²) in [5, 5.41) is 18.9. The highest BCUT2D eigenvalue weighted by atomic mass is 19.4. The van der Waals surface area contributed by atoms with E-state index in [0.717, 1.165) is 0 Å². The summed E-state index contributed by atoms with van der Waals surface area (Å²) in [6, 6.07) is 0. The normalized spacial score (nSPS) is 13.4. The van der Waals surface area contributed by atoms with Gasteiger partial charge in [0.25, 0.3) is 0 Å². The number of ether oxygens (including phenoxy) is 1. The van der Waals surface area contributed by atoms with E-state index < -0.39 is 36.6 Å². The largest absolute Gasteiger partial charge is 0.444 e. The molecule has 1 amide bonds. The van der Waals surface area contributed by atoms with Crippen molar-refractivity contribution in [1.82, 2.24) is 5.32 Å². The van der Waals surface area contributed by atoms with Gasteiger partial charge in [0.2, 0.25) is 0 Å². The molecule has 0 aliphatic rings. The van der Waals surface area contributed by atoms with Crippen LogP contribution in [0.1, 0.15) is 20.8 Å². The summed E-state index contributed by atoms with van der Waals surface area (Å²) in [5.41, 5.74) is -4.08. The molecule has 5 nitrogen and oxygen atoms in total. The summed E-state index contributed by atoms with van der Waals surface area (Å²) in [7, 11) is 0. The summed E-state index contributed by atoms with van der Waals surface area (Å²) in [5.74, 6) is 0. The molecule has 0 aliphatic heterocycles. The lowest BCUT2D eigenvalue weighted by Gasteiger charge is -2.33. The van der Waals surface area contributed by atoms with E-state index in [0.29, 0.717) is 0 Å². The van der Waals surface area contributed by atoms with Crippen molar-refractivity contribution in [3.63, 3.8) is 0 Å². The van der Waals surface area contributed by atoms with E-state index in [2.05, 4.69) is 4.74 Å². The van der Waals surface area contributed by atoms with E-state index in [1.54, 1.807) is 0 Å². The van der Waals surface area contributed by atoms with Crippen LogP contribution in [0.2, 0.25) is 0 Å². The van der Waals surface area contributed by atoms with Gasteiger partial charge in [-0.1, -0.05) is 0 Å². The van der Waals surface area contributed by atoms with Crippen LogP contribution in [0.25, 0.3) is 0 Å². The number of aliphatic hydroxyl groups excluding tert-OH is 2. The fraction of sp³-hybridized carbons (Fsp3) is 0.889. The van der Waals surface area contributed by atoms with Crippen molar-refractivity contribution in [1.29, 1.82) is 0 Å². The number of nitrogens with one attached hydrogen (secondary N) is 1. The minimum absolute atomic E-state index is 0.980. The summed E-state index contributed by atoms with van der Waals surface area (Å²) in [4.78, 5) is 11.2. The minimum Gasteiger partial charge on any atom is -0.444 e. The molecule has 3 N–H and O–H groups in total. The van der Waals surface area contributed by atoms with E-state index in [1.165, 1.54) is 26.1 Å². The molecule has 0 atom stereocenters. The van der Waals surface area contributed by atoms with Crippen molar-refractivity contribution in [3.8, 4) is 0 Å². The van der Waals surface area contributed by atoms with Gasteiger partial charge in [-0.05, 0) is 20.8 Å². The zero-order valence-electron chi connectivity index (χ0n) is 9.76. The van der Waals surface area contributed by atoms with Crippen molar-refractivity contribution < 1.29 is 32.9 Å². The molecule has 0 saturated carbocycles. The van der Waals surface area contributed by atoms with Gasteiger partial charge in [0.1, 0.15) is 5.60 Å². The summed E-state index contributed by atoms with van der Waals surface area (Å²) < 4.78 is 42.4. The first-order chi connectivity index (χ1) is 7.47. The Morgan fingerprint density at radius 2 is 1.59 bits per heavy atom. The highest BCUT2D eigenvalue weighted by molar-refractivity contribution is 5.69. The van der Waals surface area contributed by atoms with Gasteiger partial charge in [-0.3, -0.25) is 0 Å². The van der Waals surface area contributed by atoms with Crippen molar-refractivity contribution in [3.05, 3.63) is 0 Å². The van der Waals surface area contributed by atoms with Gasteiger partial charge in [-0.15, -0.1) is 0 Å². The van der Waals surface area contributed by atoms with Gasteiger partial charge in [0.05, 0.1) is 13.2 Å². The maximum absolute atomic E-state index is 12.6. The lowest BCUT2D eigenvalue weighted by Crippen LogP contribution is -2.64. The maximum Gasteiger partial charge on any atom is 0.416 e. The number of hydrogen-bond acceptors (Lipinski definition) is 4. The summed E-state index contributed by atoms with van der Waals surface area (Å²) >= 11 is 0. The number of carbonyl (C=O) groups is 1. The fourth-order valence-electron chi connectivity index (χ4n) is 0.878. The highest BCUT2D eigenvalue weighted by Gasteiger charge is 2.56. The van der Waals surface area contributed by atoms with Crippen LogP contribution in [0.4, 0.5) is 18.0 Å². The van der Waals surface area contributed by atoms with Crippen LogP contribution in [0.5, 0.6) is 0 Å². The van der Waals surface area contributed by atoms with Gasteiger partial charge in [0, 0.05) is 0 Å². The first-order valence-corrected chi connectivity index (χ1v) is 4.77. The van der Waals surface area contributed by atoms with Crippen LogP contribution < -0.4 is 5.32 Å². The number of amides is 1. The van der Waals surface area contributed by atoms with Crippen molar-refractivity contribution in [2.45, 2.75) is 38.1 Å². The van der Waals surface area contributed by atoms with Crippen LogP contribution in [0, 0.1) is 0 Å². The molecule has 102 valence electrons. The number of halogens is 3. The zero-order valence-corrected chi connectivity index (χ0v) is 9.76. The molecule has 0 bridgehead atoms. The van der Waals surface area contributed by atoms with E-state index in [-0.39, 0.29) is 0 Å². The van der Waals surface area contributed by atoms with E-state index in [9.17, 15) is 18.0 Å². The predicted octanol–water partition coefficient (Wildman–Crippen LogP) is 0.797. The molecule has 0 fully saturated rings. The lowest BCUT2D eigenvalue weighted by atomic mass is 10.0. The second-order valence-electron chi connectivity index (χ2n) is 4.52. The Bertz CT molecular complexity index is 268. The predicted molar refractivity (Wildman–Crippen MR) is 52.3 cm³/mol. The van der Waals surface area contributed by atoms with E-state index in [4.69, 9.17) is 10.2 Å². The van der Waals surface area contributed by atoms with Gasteiger partial charge < -0.3 is 20.3 Å². The first kappa shape index (κ1) is 16.0. The zero-order chi connectivity index (χ0) is 13.9. The number of rotatable bonds is 3. The average molecular weight is 259 g/mol. The van der Waals surface area contributed by atoms with Crippen LogP contribution in [0.15, 0.2) is 0 Å². The summed E-state index contributed by atoms with van der Waals surface area (Å²) in [6.45, 7) is 1.46. The third-order valence-corrected chi connectivity index (χ3v) is 1.82. The molecule has 0 aromatic carbocycles. The second kappa shape index (κ2) is 5.09. The molecule has 0 saturated heterocycles. The molecule has 0 aliphatic carbocycles. The quantitative estimate of drug-likeness (QED) is 0.700. The summed E-state index contributed by atoms with van der Waals surface area (Å²) in [6.07, 6.45) is -6.36. The monoisotopic (exact) mass is 259 g/mol. The molecule has 0 spiro atoms. The molecular weight excluding hydrogens is 243 g/mol. The van der Waals surface area contributed by atoms with E-state index >= 15 is 0 Å². The molecule has 0 aromatic rings. The van der Waals surface area contributed by atoms with Gasteiger partial charge in [-0.2, -0.15) is 13.2 Å². The van der Waals surface area contributed by atoms with Gasteiger partial charge in [-0.25, -0.2) is 4.79 Å². The number of alkyl halides is 3. The Hall–Kier alpha value is -1.02. The molecule has 17 heavy (non-hydrogen) atoms. The van der Waals surface area contributed by atoms with Crippen LogP contribution >= 0.6 is 0 Å². The van der Waals surface area contributed by atoms with Crippen molar-refractivity contribution in [2.75, 3.05) is 13.2 Å². The number of alkyl carbamates (subject to hydrolysis) is 1. The van der Waals surface area contributed by atoms with Crippen molar-refractivity contribution >= 4 is 6.09 Å². The Labute approximate surface area is 96.6 Å². The molecule has 0 radical (unpaired) electrons. The van der Waals surface area contributed by atoms with Gasteiger partial charge >= 0.3 is 12.3 Å². The molecule has 0 rings (SSSR count). The van der Waals surface area contributed by atoms with Crippen LogP contribution in [0.3, 0.4) is 0 Å². The number of hydrogen-bond donors (Lipinski definition) is 3. The smallest absolute Gasteiger partial charge is 0.416 e. The van der Waals surface area contributed by atoms with Gasteiger partial charge in [0.15, 0.2) is 5.54 Å². The molecule has 0 aromatic heterocycles. The van der Waals surface area contributed by atoms with E-state index in [1.807, 2.05) is 0 Å². The Morgan fingerprint density at radius 1 is 1.18 bits per heavy atom. The number of carbonyl (C=O) groups excluding carboxylic acids is 1. The highest BCUT2D eigenvalue weighted by Crippen LogP contribution is 2.30. The van der Waals surface area contributed by atoms with Crippen LogP contribution in [-0.2, 0) is 4.74 Å². The number of aliphatic hydroxyl groups is 2. The topological polar surface area (TPSA) is 78.8 Å². The second-order valence-corrected chi connectivity index (χ2v) is 4.52. The van der Waals surface area contributed by atoms with Crippen molar-refractivity contribution in [2.24, 2.45) is 0 Å². The first-order valence-electron chi connectivity index (χ1n) is 4.77. The maximum atomic E-state index is 12.6. The third kappa shape index (κ3) is 4.39.